The first kappa shape index (κ1) is 14.4. The summed E-state index contributed by atoms with van der Waals surface area (Å²) in [5.41, 5.74) is 1.36. The minimum absolute atomic E-state index is 0.261. The van der Waals surface area contributed by atoms with Gasteiger partial charge in [0.2, 0.25) is 8.32 Å². The zero-order valence-corrected chi connectivity index (χ0v) is 13.4. The Morgan fingerprint density at radius 2 is 1.82 bits per heavy atom. The largest absolute Gasteiger partial charge is 0.544 e. The molecule has 1 aliphatic carbocycles. The Kier molecular flexibility index (Phi) is 4.13. The summed E-state index contributed by atoms with van der Waals surface area (Å²) >= 11 is 0. The summed E-state index contributed by atoms with van der Waals surface area (Å²) in [6.45, 7) is 11.4. The van der Waals surface area contributed by atoms with E-state index < -0.39 is 8.32 Å². The van der Waals surface area contributed by atoms with Crippen molar-refractivity contribution in [3.05, 3.63) is 23.6 Å². The Balaban J connectivity index is 2.80. The third-order valence-corrected chi connectivity index (χ3v) is 8.17. The molecule has 0 spiro atoms. The summed E-state index contributed by atoms with van der Waals surface area (Å²) in [5, 5.41) is 0.261. The number of hydrogen-bond acceptors (Lipinski definition) is 2. The summed E-state index contributed by atoms with van der Waals surface area (Å²) in [4.78, 5) is 2.18. The predicted octanol–water partition coefficient (Wildman–Crippen LogP) is 4.13. The van der Waals surface area contributed by atoms with Gasteiger partial charge in [0.15, 0.2) is 0 Å². The highest BCUT2D eigenvalue weighted by Crippen LogP contribution is 2.38. The van der Waals surface area contributed by atoms with Gasteiger partial charge in [-0.15, -0.1) is 0 Å². The molecule has 0 bridgehead atoms. The fourth-order valence-corrected chi connectivity index (χ4v) is 2.57. The molecule has 1 rings (SSSR count). The van der Waals surface area contributed by atoms with E-state index in [0.29, 0.717) is 0 Å². The van der Waals surface area contributed by atoms with Crippen LogP contribution in [0.2, 0.25) is 18.1 Å². The van der Waals surface area contributed by atoms with E-state index in [0.717, 1.165) is 18.6 Å². The monoisotopic (exact) mass is 253 g/mol. The lowest BCUT2D eigenvalue weighted by Gasteiger charge is -2.37. The maximum Gasteiger partial charge on any atom is 0.250 e. The summed E-state index contributed by atoms with van der Waals surface area (Å²) in [6, 6.07) is 0. The molecular weight excluding hydrogens is 226 g/mol. The second-order valence-electron chi connectivity index (χ2n) is 6.54. The van der Waals surface area contributed by atoms with E-state index in [4.69, 9.17) is 4.43 Å². The van der Waals surface area contributed by atoms with Crippen LogP contribution in [0.15, 0.2) is 23.6 Å². The van der Waals surface area contributed by atoms with E-state index in [1.54, 1.807) is 0 Å². The van der Waals surface area contributed by atoms with Crippen molar-refractivity contribution in [3.63, 3.8) is 0 Å². The Labute approximate surface area is 107 Å². The van der Waals surface area contributed by atoms with Crippen LogP contribution in [0.4, 0.5) is 0 Å². The number of nitrogens with zero attached hydrogens (tertiary/aromatic N) is 1. The smallest absolute Gasteiger partial charge is 0.250 e. The normalized spacial score (nSPS) is 17.4. The van der Waals surface area contributed by atoms with E-state index in [1.807, 2.05) is 0 Å². The second-order valence-corrected chi connectivity index (χ2v) is 11.3. The molecule has 0 N–H and O–H groups in total. The number of allylic oxidation sites excluding steroid dienone is 3. The molecule has 0 amide bonds. The highest BCUT2D eigenvalue weighted by atomic mass is 28.4. The van der Waals surface area contributed by atoms with Crippen LogP contribution >= 0.6 is 0 Å². The van der Waals surface area contributed by atoms with Crippen molar-refractivity contribution >= 4 is 8.32 Å². The van der Waals surface area contributed by atoms with E-state index in [-0.39, 0.29) is 5.04 Å². The number of hydrogen-bond donors (Lipinski definition) is 0. The third-order valence-electron chi connectivity index (χ3n) is 3.81. The lowest BCUT2D eigenvalue weighted by atomic mass is 10.1. The van der Waals surface area contributed by atoms with E-state index in [2.05, 4.69) is 65.0 Å². The molecule has 1 aliphatic rings. The first-order chi connectivity index (χ1) is 7.63. The van der Waals surface area contributed by atoms with Gasteiger partial charge in [-0.1, -0.05) is 20.8 Å². The van der Waals surface area contributed by atoms with Gasteiger partial charge in [-0.3, -0.25) is 0 Å². The molecule has 2 nitrogen and oxygen atoms in total. The fraction of sp³-hybridized carbons (Fsp3) is 0.714. The van der Waals surface area contributed by atoms with Crippen LogP contribution in [-0.4, -0.2) is 27.3 Å². The quantitative estimate of drug-likeness (QED) is 0.701. The standard InChI is InChI=1S/C14H27NOSi/c1-14(2,3)17(6,7)16-13-10-8-9-12(11-13)15(4)5/h10-11H,8-9H2,1-7H3. The zero-order chi connectivity index (χ0) is 13.3. The molecule has 0 atom stereocenters. The summed E-state index contributed by atoms with van der Waals surface area (Å²) in [6.07, 6.45) is 6.64. The summed E-state index contributed by atoms with van der Waals surface area (Å²) in [7, 11) is 2.51. The lowest BCUT2D eigenvalue weighted by molar-refractivity contribution is 0.386. The summed E-state index contributed by atoms with van der Waals surface area (Å²) in [5.74, 6) is 1.08. The average Bonchev–Trinajstić information content (AvgIpc) is 2.15. The Morgan fingerprint density at radius 1 is 1.24 bits per heavy atom. The van der Waals surface area contributed by atoms with Gasteiger partial charge >= 0.3 is 0 Å². The molecule has 0 unspecified atom stereocenters. The van der Waals surface area contributed by atoms with Gasteiger partial charge in [-0.2, -0.15) is 0 Å². The van der Waals surface area contributed by atoms with Gasteiger partial charge in [0.05, 0.1) is 0 Å². The fourth-order valence-electron chi connectivity index (χ4n) is 1.53. The van der Waals surface area contributed by atoms with Crippen molar-refractivity contribution in [1.82, 2.24) is 4.90 Å². The van der Waals surface area contributed by atoms with E-state index >= 15 is 0 Å². The molecule has 0 aliphatic heterocycles. The highest BCUT2D eigenvalue weighted by Gasteiger charge is 2.39. The van der Waals surface area contributed by atoms with Crippen molar-refractivity contribution in [2.45, 2.75) is 51.7 Å². The Morgan fingerprint density at radius 3 is 2.29 bits per heavy atom. The van der Waals surface area contributed by atoms with E-state index in [1.165, 1.54) is 5.70 Å². The van der Waals surface area contributed by atoms with Gasteiger partial charge < -0.3 is 9.33 Å². The molecule has 0 fully saturated rings. The van der Waals surface area contributed by atoms with Gasteiger partial charge in [-0.05, 0) is 43.1 Å². The highest BCUT2D eigenvalue weighted by molar-refractivity contribution is 6.74. The molecule has 0 aromatic rings. The molecule has 0 saturated heterocycles. The summed E-state index contributed by atoms with van der Waals surface area (Å²) < 4.78 is 6.32. The van der Waals surface area contributed by atoms with Crippen molar-refractivity contribution in [3.8, 4) is 0 Å². The molecule has 0 heterocycles. The second kappa shape index (κ2) is 4.89. The number of rotatable bonds is 3. The van der Waals surface area contributed by atoms with E-state index in [9.17, 15) is 0 Å². The van der Waals surface area contributed by atoms with Crippen molar-refractivity contribution in [1.29, 1.82) is 0 Å². The van der Waals surface area contributed by atoms with Crippen LogP contribution in [0, 0.1) is 0 Å². The van der Waals surface area contributed by atoms with Crippen LogP contribution in [0.1, 0.15) is 33.6 Å². The van der Waals surface area contributed by atoms with Crippen LogP contribution in [-0.2, 0) is 4.43 Å². The first-order valence-electron chi connectivity index (χ1n) is 6.40. The Bertz CT molecular complexity index is 335. The van der Waals surface area contributed by atoms with Crippen molar-refractivity contribution in [2.75, 3.05) is 14.1 Å². The molecule has 3 heteroatoms. The molecule has 0 radical (unpaired) electrons. The molecular formula is C14H27NOSi. The predicted molar refractivity (Wildman–Crippen MR) is 77.4 cm³/mol. The maximum absolute atomic E-state index is 6.32. The topological polar surface area (TPSA) is 12.5 Å². The Hall–Kier alpha value is -0.703. The minimum atomic E-state index is -1.69. The van der Waals surface area contributed by atoms with Crippen LogP contribution in [0.3, 0.4) is 0 Å². The third kappa shape index (κ3) is 3.63. The SMILES string of the molecule is CN(C)C1=CC(O[Si](C)(C)C(C)(C)C)=CCC1. The molecule has 0 aromatic carbocycles. The van der Waals surface area contributed by atoms with Gasteiger partial charge in [0, 0.05) is 19.8 Å². The minimum Gasteiger partial charge on any atom is -0.544 e. The van der Waals surface area contributed by atoms with Crippen LogP contribution in [0.25, 0.3) is 0 Å². The van der Waals surface area contributed by atoms with Gasteiger partial charge in [-0.25, -0.2) is 0 Å². The average molecular weight is 253 g/mol. The van der Waals surface area contributed by atoms with Crippen molar-refractivity contribution in [2.24, 2.45) is 0 Å². The van der Waals surface area contributed by atoms with Crippen LogP contribution in [0.5, 0.6) is 0 Å². The molecule has 17 heavy (non-hydrogen) atoms. The lowest BCUT2D eigenvalue weighted by Crippen LogP contribution is -2.40. The van der Waals surface area contributed by atoms with Crippen molar-refractivity contribution < 1.29 is 4.43 Å². The van der Waals surface area contributed by atoms with Gasteiger partial charge in [0.1, 0.15) is 5.76 Å². The van der Waals surface area contributed by atoms with Crippen LogP contribution < -0.4 is 0 Å². The maximum atomic E-state index is 6.32. The zero-order valence-electron chi connectivity index (χ0n) is 12.4. The first-order valence-corrected chi connectivity index (χ1v) is 9.31. The van der Waals surface area contributed by atoms with Gasteiger partial charge in [0.25, 0.3) is 0 Å². The molecule has 0 aromatic heterocycles. The molecule has 98 valence electrons. The molecule has 0 saturated carbocycles.